The van der Waals surface area contributed by atoms with Gasteiger partial charge >= 0.3 is 0 Å². The minimum Gasteiger partial charge on any atom is -0.0622 e. The number of hydrogen-bond donors (Lipinski definition) is 0. The van der Waals surface area contributed by atoms with Crippen LogP contribution in [0.3, 0.4) is 0 Å². The lowest BCUT2D eigenvalue weighted by Gasteiger charge is -2.06. The molecule has 17 rings (SSSR count). The maximum Gasteiger partial charge on any atom is -0.0178 e. The van der Waals surface area contributed by atoms with Gasteiger partial charge in [-0.2, -0.15) is 0 Å². The summed E-state index contributed by atoms with van der Waals surface area (Å²) in [6.07, 6.45) is 0. The van der Waals surface area contributed by atoms with E-state index in [4.69, 9.17) is 0 Å². The van der Waals surface area contributed by atoms with Crippen LogP contribution in [-0.4, -0.2) is 0 Å². The molecule has 0 nitrogen and oxygen atoms in total. The maximum absolute atomic E-state index is 2.25. The number of benzene rings is 17. The van der Waals surface area contributed by atoms with E-state index in [1.54, 1.807) is 0 Å². The standard InChI is InChI=1S/4C19H16.2C13H12.C7H8/c1-15-7-5-10-17(13-15)19-12-6-11-18(14-19)16-8-3-2-4-9-16;1-15-6-5-9-19(14-15)18-12-10-17(11-13-18)16-7-3-2-4-8-16;1-15-10-12-17(13-11-15)19-9-5-8-18(14-19)16-6-3-2-4-7-16;1-15-7-9-17(10-8-15)19-13-11-18(12-14-19)16-5-3-2-4-6-16;1-11-6-5-9-13(10-11)12-7-3-2-4-8-12;1-11-7-9-13(10-8-11)12-5-3-2-4-6-12;1-7-5-3-2-4-6-7/h4*2-14H,1H3;2*2-10H,1H3;2-6H,1H3. The van der Waals surface area contributed by atoms with Gasteiger partial charge in [-0.1, -0.05) is 482 Å². The van der Waals surface area contributed by atoms with Gasteiger partial charge in [0.15, 0.2) is 0 Å². The van der Waals surface area contributed by atoms with Crippen LogP contribution >= 0.6 is 0 Å². The van der Waals surface area contributed by atoms with Crippen molar-refractivity contribution in [2.45, 2.75) is 48.5 Å². The van der Waals surface area contributed by atoms with E-state index in [-0.39, 0.29) is 0 Å². The van der Waals surface area contributed by atoms with E-state index in [0.29, 0.717) is 0 Å². The molecule has 0 atom stereocenters. The monoisotopic (exact) mass is 1400 g/mol. The van der Waals surface area contributed by atoms with E-state index in [2.05, 4.69) is 449 Å². The van der Waals surface area contributed by atoms with E-state index < -0.39 is 0 Å². The fourth-order valence-corrected chi connectivity index (χ4v) is 12.5. The van der Waals surface area contributed by atoms with Gasteiger partial charge in [0, 0.05) is 0 Å². The average Bonchev–Trinajstić information content (AvgIpc) is 0.847. The summed E-state index contributed by atoms with van der Waals surface area (Å²) in [4.78, 5) is 0. The Hall–Kier alpha value is -13.3. The van der Waals surface area contributed by atoms with Gasteiger partial charge in [0.1, 0.15) is 0 Å². The van der Waals surface area contributed by atoms with Gasteiger partial charge in [-0.05, 0) is 172 Å². The molecule has 0 fully saturated rings. The number of hydrogen-bond acceptors (Lipinski definition) is 0. The van der Waals surface area contributed by atoms with Crippen LogP contribution in [0.5, 0.6) is 0 Å². The third-order valence-corrected chi connectivity index (χ3v) is 18.6. The van der Waals surface area contributed by atoms with Crippen molar-refractivity contribution in [3.05, 3.63) is 494 Å². The van der Waals surface area contributed by atoms with Gasteiger partial charge in [0.2, 0.25) is 0 Å². The zero-order valence-corrected chi connectivity index (χ0v) is 63.8. The second-order valence-electron chi connectivity index (χ2n) is 27.4. The predicted octanol–water partition coefficient (Wildman–Crippen LogP) is 30.6. The normalized spacial score (nSPS) is 10.2. The lowest BCUT2D eigenvalue weighted by molar-refractivity contribution is 1.47. The van der Waals surface area contributed by atoms with E-state index in [0.717, 1.165) is 0 Å². The van der Waals surface area contributed by atoms with Crippen molar-refractivity contribution in [2.75, 3.05) is 0 Å². The van der Waals surface area contributed by atoms with E-state index in [9.17, 15) is 0 Å². The average molecular weight is 1410 g/mol. The molecule has 0 aromatic heterocycles. The minimum absolute atomic E-state index is 1.26. The molecular formula is C109H96. The van der Waals surface area contributed by atoms with E-state index in [1.807, 2.05) is 54.6 Å². The molecule has 0 saturated carbocycles. The molecule has 532 valence electrons. The summed E-state index contributed by atoms with van der Waals surface area (Å²) in [5.41, 5.74) is 34.5. The molecular weight excluding hydrogens is 1310 g/mol. The molecule has 0 aliphatic heterocycles. The van der Waals surface area contributed by atoms with Crippen molar-refractivity contribution in [2.24, 2.45) is 0 Å². The van der Waals surface area contributed by atoms with Crippen LogP contribution in [0.25, 0.3) is 111 Å². The van der Waals surface area contributed by atoms with Crippen LogP contribution in [0.4, 0.5) is 0 Å². The van der Waals surface area contributed by atoms with Crippen LogP contribution in [0, 0.1) is 48.5 Å². The van der Waals surface area contributed by atoms with Gasteiger partial charge in [-0.15, -0.1) is 0 Å². The third kappa shape index (κ3) is 24.4. The molecule has 17 aromatic rings. The Labute approximate surface area is 649 Å². The van der Waals surface area contributed by atoms with Crippen LogP contribution in [-0.2, 0) is 0 Å². The highest BCUT2D eigenvalue weighted by atomic mass is 14.1. The summed E-state index contributed by atoms with van der Waals surface area (Å²) >= 11 is 0. The molecule has 0 heteroatoms. The van der Waals surface area contributed by atoms with Gasteiger partial charge in [0.05, 0.1) is 0 Å². The molecule has 0 radical (unpaired) electrons. The van der Waals surface area contributed by atoms with Crippen LogP contribution < -0.4 is 0 Å². The topological polar surface area (TPSA) is 0 Å². The van der Waals surface area contributed by atoms with Crippen LogP contribution in [0.15, 0.2) is 455 Å². The van der Waals surface area contributed by atoms with Gasteiger partial charge in [0.25, 0.3) is 0 Å². The van der Waals surface area contributed by atoms with E-state index in [1.165, 1.54) is 150 Å². The largest absolute Gasteiger partial charge is 0.0622 e. The Balaban J connectivity index is 0.000000128. The molecule has 0 saturated heterocycles. The Morgan fingerprint density at radius 3 is 0.404 bits per heavy atom. The molecule has 0 unspecified atom stereocenters. The maximum atomic E-state index is 2.25. The second kappa shape index (κ2) is 40.9. The summed E-state index contributed by atoms with van der Waals surface area (Å²) < 4.78 is 0. The van der Waals surface area contributed by atoms with Crippen molar-refractivity contribution < 1.29 is 0 Å². The van der Waals surface area contributed by atoms with Crippen LogP contribution in [0.2, 0.25) is 0 Å². The van der Waals surface area contributed by atoms with Crippen LogP contribution in [0.1, 0.15) is 38.9 Å². The van der Waals surface area contributed by atoms with Gasteiger partial charge in [-0.3, -0.25) is 0 Å². The third-order valence-electron chi connectivity index (χ3n) is 18.6. The number of rotatable bonds is 10. The van der Waals surface area contributed by atoms with Crippen molar-refractivity contribution in [1.29, 1.82) is 0 Å². The SMILES string of the molecule is Cc1ccc(-c2ccc(-c3ccccc3)cc2)cc1.Cc1ccc(-c2cccc(-c3ccccc3)c2)cc1.Cc1ccc(-c2ccccc2)cc1.Cc1cccc(-c2ccc(-c3ccccc3)cc2)c1.Cc1cccc(-c2cccc(-c3ccccc3)c2)c1.Cc1cccc(-c2ccccc2)c1.Cc1ccccc1. The van der Waals surface area contributed by atoms with Gasteiger partial charge < -0.3 is 0 Å². The summed E-state index contributed by atoms with van der Waals surface area (Å²) in [5.74, 6) is 0. The zero-order valence-electron chi connectivity index (χ0n) is 63.8. The van der Waals surface area contributed by atoms with Gasteiger partial charge in [-0.25, -0.2) is 0 Å². The summed E-state index contributed by atoms with van der Waals surface area (Å²) in [6, 6.07) is 160. The number of aryl methyl sites for hydroxylation is 7. The lowest BCUT2D eigenvalue weighted by Crippen LogP contribution is -1.82. The second-order valence-corrected chi connectivity index (χ2v) is 27.4. The first-order chi connectivity index (χ1) is 53.4. The fraction of sp³-hybridized carbons (Fsp3) is 0.0642. The highest BCUT2D eigenvalue weighted by Crippen LogP contribution is 2.31. The Bertz CT molecular complexity index is 5440. The molecule has 0 bridgehead atoms. The lowest BCUT2D eigenvalue weighted by atomic mass is 9.98. The Morgan fingerprint density at radius 1 is 0.0826 bits per heavy atom. The quantitative estimate of drug-likeness (QED) is 0.128. The van der Waals surface area contributed by atoms with Crippen molar-refractivity contribution in [1.82, 2.24) is 0 Å². The van der Waals surface area contributed by atoms with E-state index >= 15 is 0 Å². The molecule has 0 N–H and O–H groups in total. The predicted molar refractivity (Wildman–Crippen MR) is 473 cm³/mol. The fourth-order valence-electron chi connectivity index (χ4n) is 12.5. The van der Waals surface area contributed by atoms with Crippen molar-refractivity contribution >= 4 is 0 Å². The molecule has 0 heterocycles. The minimum atomic E-state index is 1.26. The molecule has 0 aliphatic rings. The smallest absolute Gasteiger partial charge is 0.0178 e. The highest BCUT2D eigenvalue weighted by molar-refractivity contribution is 5.76. The van der Waals surface area contributed by atoms with Crippen molar-refractivity contribution in [3.63, 3.8) is 0 Å². The first kappa shape index (κ1) is 76.9. The summed E-state index contributed by atoms with van der Waals surface area (Å²) in [5, 5.41) is 0. The Morgan fingerprint density at radius 2 is 0.202 bits per heavy atom. The first-order valence-electron chi connectivity index (χ1n) is 37.6. The molecule has 0 aliphatic carbocycles. The molecule has 17 aromatic carbocycles. The zero-order chi connectivity index (χ0) is 75.6. The summed E-state index contributed by atoms with van der Waals surface area (Å²) in [7, 11) is 0. The molecule has 0 amide bonds. The molecule has 0 spiro atoms. The Kier molecular flexibility index (Phi) is 28.8. The molecule has 109 heavy (non-hydrogen) atoms. The summed E-state index contributed by atoms with van der Waals surface area (Å²) in [6.45, 7) is 14.8. The highest BCUT2D eigenvalue weighted by Gasteiger charge is 2.06. The first-order valence-corrected chi connectivity index (χ1v) is 37.6. The van der Waals surface area contributed by atoms with Crippen molar-refractivity contribution in [3.8, 4) is 111 Å².